The fraction of sp³-hybridized carbons (Fsp3) is 0.939. The number of nitrogens with one attached hydrogen (secondary N) is 2. The van der Waals surface area contributed by atoms with E-state index in [0.717, 1.165) is 58.3 Å². The largest absolute Gasteiger partial charge is 0.477 e. The van der Waals surface area contributed by atoms with Crippen LogP contribution in [0.4, 0.5) is 0 Å². The van der Waals surface area contributed by atoms with E-state index in [9.17, 15) is 75.7 Å². The number of aliphatic hydroxyl groups excluding tert-OH is 11. The summed E-state index contributed by atoms with van der Waals surface area (Å²) in [5, 5.41) is 137. The van der Waals surface area contributed by atoms with Crippen LogP contribution in [0.5, 0.6) is 0 Å². The molecule has 3 aliphatic rings. The molecule has 3 heterocycles. The zero-order valence-corrected chi connectivity index (χ0v) is 65.6. The van der Waals surface area contributed by atoms with E-state index < -0.39 is 148 Å². The minimum atomic E-state index is -3.08. The van der Waals surface area contributed by atoms with Gasteiger partial charge in [-0.1, -0.05) is 309 Å². The third-order valence-electron chi connectivity index (χ3n) is 21.7. The SMILES string of the molecule is CCCCCCCCCCCCCC/C=C\CCCCCCCCCCCCCCC(=O)NC(COC1OC(CO)C(OC2OC(CO)C(O)C(OC3(C(=O)O)CC(O)C(NC(C)=O)C(C(O)C(O)CO)O3)C2O)C(O)C1O)C(O)CCCCCCCCCCCCCCCCCCCCCCCCC. The van der Waals surface area contributed by atoms with Crippen LogP contribution in [-0.4, -0.2) is 215 Å². The number of allylic oxidation sites excluding steroid dienone is 2. The Morgan fingerprint density at radius 1 is 0.486 bits per heavy atom. The summed E-state index contributed by atoms with van der Waals surface area (Å²) in [5.74, 6) is -6.09. The molecule has 23 heteroatoms. The molecule has 0 aromatic rings. The van der Waals surface area contributed by atoms with Gasteiger partial charge in [0.05, 0.1) is 50.7 Å². The molecule has 3 aliphatic heterocycles. The van der Waals surface area contributed by atoms with Crippen molar-refractivity contribution in [1.29, 1.82) is 0 Å². The van der Waals surface area contributed by atoms with Crippen molar-refractivity contribution in [3.05, 3.63) is 12.2 Å². The van der Waals surface area contributed by atoms with Gasteiger partial charge in [-0.25, -0.2) is 4.79 Å². The lowest BCUT2D eigenvalue weighted by Gasteiger charge is -2.50. The molecule has 3 rings (SSSR count). The number of carbonyl (C=O) groups is 3. The molecular formula is C82H154N2O21. The molecule has 3 saturated heterocycles. The molecule has 23 nitrogen and oxygen atoms in total. The molecule has 0 saturated carbocycles. The molecule has 0 bridgehead atoms. The van der Waals surface area contributed by atoms with Gasteiger partial charge in [-0.3, -0.25) is 9.59 Å². The second kappa shape index (κ2) is 61.1. The van der Waals surface area contributed by atoms with E-state index in [-0.39, 0.29) is 18.9 Å². The first-order chi connectivity index (χ1) is 50.9. The summed E-state index contributed by atoms with van der Waals surface area (Å²) in [6.45, 7) is 2.27. The molecule has 0 radical (unpaired) electrons. The number of aliphatic hydroxyl groups is 11. The summed E-state index contributed by atoms with van der Waals surface area (Å²) in [6.07, 6.45) is 37.8. The predicted molar refractivity (Wildman–Crippen MR) is 408 cm³/mol. The Balaban J connectivity index is 1.49. The third kappa shape index (κ3) is 41.0. The highest BCUT2D eigenvalue weighted by atomic mass is 16.8. The molecule has 18 atom stereocenters. The molecular weight excluding hydrogens is 1350 g/mol. The molecule has 0 aromatic heterocycles. The standard InChI is InChI=1S/C82H154N2O21/c1-4-6-8-10-12-14-16-18-20-22-24-26-28-29-30-31-32-34-36-38-40-42-44-46-48-50-52-54-56-69(92)84-63(64(89)55-53-51-49-47-45-43-41-39-37-35-33-27-25-23-21-19-17-15-13-11-9-7-5-2)61-100-79-74(96)73(95)76(68(60-87)102-79)103-80-75(97)78(72(94)67(59-86)101-80)105-82(81(98)99)57-65(90)70(83-62(3)88)77(104-82)71(93)66(91)58-85/h29-30,63-68,70-80,85-87,89-91,93-97H,4-28,31-61H2,1-3H3,(H,83,88)(H,84,92)(H,98,99)/b30-29-. The lowest BCUT2D eigenvalue weighted by molar-refractivity contribution is -0.386. The number of carboxylic acids is 1. The number of amides is 2. The number of aliphatic carboxylic acids is 1. The van der Waals surface area contributed by atoms with Gasteiger partial charge >= 0.3 is 5.97 Å². The molecule has 14 N–H and O–H groups in total. The molecule has 0 aromatic carbocycles. The molecule has 3 fully saturated rings. The Bertz CT molecular complexity index is 2140. The van der Waals surface area contributed by atoms with Gasteiger partial charge in [0.1, 0.15) is 67.1 Å². The number of rotatable bonds is 68. The van der Waals surface area contributed by atoms with Gasteiger partial charge in [-0.05, 0) is 38.5 Å². The Morgan fingerprint density at radius 3 is 1.29 bits per heavy atom. The molecule has 618 valence electrons. The molecule has 0 aliphatic carbocycles. The molecule has 18 unspecified atom stereocenters. The monoisotopic (exact) mass is 1500 g/mol. The predicted octanol–water partition coefficient (Wildman–Crippen LogP) is 12.1. The van der Waals surface area contributed by atoms with E-state index in [0.29, 0.717) is 19.3 Å². The summed E-state index contributed by atoms with van der Waals surface area (Å²) in [4.78, 5) is 38.8. The van der Waals surface area contributed by atoms with E-state index in [1.807, 2.05) is 0 Å². The van der Waals surface area contributed by atoms with Crippen LogP contribution >= 0.6 is 0 Å². The Labute approximate surface area is 632 Å². The number of ether oxygens (including phenoxy) is 6. The van der Waals surface area contributed by atoms with Crippen molar-refractivity contribution in [2.24, 2.45) is 0 Å². The van der Waals surface area contributed by atoms with Crippen molar-refractivity contribution in [3.63, 3.8) is 0 Å². The highest BCUT2D eigenvalue weighted by Crippen LogP contribution is 2.39. The van der Waals surface area contributed by atoms with Crippen LogP contribution in [0.2, 0.25) is 0 Å². The zero-order chi connectivity index (χ0) is 76.7. The number of hydrogen-bond acceptors (Lipinski definition) is 20. The van der Waals surface area contributed by atoms with Crippen molar-refractivity contribution in [1.82, 2.24) is 10.6 Å². The summed E-state index contributed by atoms with van der Waals surface area (Å²) in [6, 6.07) is -2.53. The summed E-state index contributed by atoms with van der Waals surface area (Å²) >= 11 is 0. The fourth-order valence-corrected chi connectivity index (χ4v) is 15.0. The van der Waals surface area contributed by atoms with Gasteiger partial charge < -0.3 is 100 Å². The van der Waals surface area contributed by atoms with Crippen molar-refractivity contribution >= 4 is 17.8 Å². The van der Waals surface area contributed by atoms with Crippen LogP contribution in [0.3, 0.4) is 0 Å². The maximum Gasteiger partial charge on any atom is 0.364 e. The Hall–Kier alpha value is -2.53. The Morgan fingerprint density at radius 2 is 0.886 bits per heavy atom. The van der Waals surface area contributed by atoms with E-state index in [1.165, 1.54) is 250 Å². The quantitative estimate of drug-likeness (QED) is 0.0199. The van der Waals surface area contributed by atoms with Crippen molar-refractivity contribution in [3.8, 4) is 0 Å². The van der Waals surface area contributed by atoms with Gasteiger partial charge in [0, 0.05) is 19.8 Å². The van der Waals surface area contributed by atoms with Gasteiger partial charge in [0.2, 0.25) is 11.8 Å². The number of hydrogen-bond donors (Lipinski definition) is 14. The van der Waals surface area contributed by atoms with Gasteiger partial charge in [-0.15, -0.1) is 0 Å². The number of carbonyl (C=O) groups excluding carboxylic acids is 2. The minimum absolute atomic E-state index is 0.226. The van der Waals surface area contributed by atoms with Crippen molar-refractivity contribution in [2.45, 2.75) is 464 Å². The lowest BCUT2D eigenvalue weighted by Crippen LogP contribution is -2.70. The molecule has 2 amide bonds. The van der Waals surface area contributed by atoms with Gasteiger partial charge in [-0.2, -0.15) is 0 Å². The maximum absolute atomic E-state index is 13.6. The summed E-state index contributed by atoms with van der Waals surface area (Å²) < 4.78 is 35.0. The average molecular weight is 1500 g/mol. The summed E-state index contributed by atoms with van der Waals surface area (Å²) in [5.41, 5.74) is 0. The minimum Gasteiger partial charge on any atom is -0.477 e. The number of unbranched alkanes of at least 4 members (excludes halogenated alkanes) is 46. The van der Waals surface area contributed by atoms with E-state index in [2.05, 4.69) is 36.6 Å². The van der Waals surface area contributed by atoms with Crippen molar-refractivity contribution < 1.29 is 104 Å². The first-order valence-corrected chi connectivity index (χ1v) is 42.5. The van der Waals surface area contributed by atoms with Crippen LogP contribution in [-0.2, 0) is 42.8 Å². The average Bonchev–Trinajstić information content (AvgIpc) is 0.754. The first-order valence-electron chi connectivity index (χ1n) is 42.5. The highest BCUT2D eigenvalue weighted by molar-refractivity contribution is 5.77. The second-order valence-corrected chi connectivity index (χ2v) is 31.0. The van der Waals surface area contributed by atoms with Crippen molar-refractivity contribution in [2.75, 3.05) is 26.4 Å². The molecule has 105 heavy (non-hydrogen) atoms. The smallest absolute Gasteiger partial charge is 0.364 e. The lowest BCUT2D eigenvalue weighted by atomic mass is 9.88. The maximum atomic E-state index is 13.6. The van der Waals surface area contributed by atoms with Crippen LogP contribution in [0.1, 0.15) is 355 Å². The molecule has 0 spiro atoms. The van der Waals surface area contributed by atoms with E-state index >= 15 is 0 Å². The second-order valence-electron chi connectivity index (χ2n) is 31.0. The Kier molecular flexibility index (Phi) is 56.3. The van der Waals surface area contributed by atoms with Gasteiger partial charge in [0.15, 0.2) is 12.6 Å². The van der Waals surface area contributed by atoms with Crippen LogP contribution < -0.4 is 10.6 Å². The highest BCUT2D eigenvalue weighted by Gasteiger charge is 2.60. The van der Waals surface area contributed by atoms with Gasteiger partial charge in [0.25, 0.3) is 5.79 Å². The normalized spacial score (nSPS) is 26.2. The first kappa shape index (κ1) is 96.7. The van der Waals surface area contributed by atoms with E-state index in [1.54, 1.807) is 0 Å². The van der Waals surface area contributed by atoms with Crippen LogP contribution in [0.25, 0.3) is 0 Å². The topological polar surface area (TPSA) is 373 Å². The summed E-state index contributed by atoms with van der Waals surface area (Å²) in [7, 11) is 0. The van der Waals surface area contributed by atoms with E-state index in [4.69, 9.17) is 28.4 Å². The van der Waals surface area contributed by atoms with Crippen LogP contribution in [0.15, 0.2) is 12.2 Å². The zero-order valence-electron chi connectivity index (χ0n) is 65.6. The third-order valence-corrected chi connectivity index (χ3v) is 21.7. The fourth-order valence-electron chi connectivity index (χ4n) is 15.0. The number of carboxylic acid groups (broad SMARTS) is 1. The van der Waals surface area contributed by atoms with Crippen LogP contribution in [0, 0.1) is 0 Å².